The summed E-state index contributed by atoms with van der Waals surface area (Å²) in [6.45, 7) is 0.251. The Balaban J connectivity index is 1.65. The first-order valence-corrected chi connectivity index (χ1v) is 9.96. The van der Waals surface area contributed by atoms with Crippen LogP contribution in [-0.4, -0.2) is 33.7 Å². The number of anilines is 2. The van der Waals surface area contributed by atoms with E-state index in [2.05, 4.69) is 5.32 Å². The number of nitrogens with one attached hydrogen (secondary N) is 1. The van der Waals surface area contributed by atoms with E-state index in [1.54, 1.807) is 18.2 Å². The van der Waals surface area contributed by atoms with Gasteiger partial charge in [-0.25, -0.2) is 12.8 Å². The third kappa shape index (κ3) is 4.32. The van der Waals surface area contributed by atoms with Gasteiger partial charge in [0.2, 0.25) is 10.0 Å². The summed E-state index contributed by atoms with van der Waals surface area (Å²) in [6.07, 6.45) is 2.66. The van der Waals surface area contributed by atoms with E-state index in [-0.39, 0.29) is 18.3 Å². The van der Waals surface area contributed by atoms with Crippen LogP contribution in [0.4, 0.5) is 15.8 Å². The molecule has 2 aromatic rings. The number of sulfonamides is 1. The van der Waals surface area contributed by atoms with Crippen LogP contribution in [-0.2, 0) is 21.2 Å². The summed E-state index contributed by atoms with van der Waals surface area (Å²) in [5.41, 5.74) is 2.10. The highest BCUT2D eigenvalue weighted by atomic mass is 32.2. The molecule has 26 heavy (non-hydrogen) atoms. The minimum absolute atomic E-state index is 0.210. The largest absolute Gasteiger partial charge is 0.484 e. The first-order valence-electron chi connectivity index (χ1n) is 8.12. The van der Waals surface area contributed by atoms with Crippen LogP contribution in [0.1, 0.15) is 12.0 Å². The second-order valence-electron chi connectivity index (χ2n) is 6.07. The number of carbonyl (C=O) groups is 1. The summed E-state index contributed by atoms with van der Waals surface area (Å²) < 4.78 is 43.3. The molecule has 3 rings (SSSR count). The summed E-state index contributed by atoms with van der Waals surface area (Å²) in [6, 6.07) is 10.5. The van der Waals surface area contributed by atoms with Crippen LogP contribution in [0.15, 0.2) is 42.5 Å². The molecule has 0 bridgehead atoms. The quantitative estimate of drug-likeness (QED) is 0.868. The number of hydrogen-bond acceptors (Lipinski definition) is 4. The van der Waals surface area contributed by atoms with Crippen LogP contribution < -0.4 is 14.4 Å². The molecule has 1 N–H and O–H groups in total. The molecule has 1 heterocycles. The lowest BCUT2D eigenvalue weighted by Crippen LogP contribution is -2.34. The van der Waals surface area contributed by atoms with Crippen LogP contribution >= 0.6 is 0 Å². The highest BCUT2D eigenvalue weighted by Crippen LogP contribution is 2.31. The van der Waals surface area contributed by atoms with E-state index in [4.69, 9.17) is 4.74 Å². The molecule has 0 fully saturated rings. The van der Waals surface area contributed by atoms with Gasteiger partial charge in [0.05, 0.1) is 11.9 Å². The van der Waals surface area contributed by atoms with Gasteiger partial charge in [0.1, 0.15) is 11.6 Å². The fraction of sp³-hybridized carbons (Fsp3) is 0.278. The number of ether oxygens (including phenoxy) is 1. The number of nitrogens with zero attached hydrogens (tertiary/aromatic N) is 1. The van der Waals surface area contributed by atoms with Crippen molar-refractivity contribution in [3.8, 4) is 5.75 Å². The lowest BCUT2D eigenvalue weighted by Gasteiger charge is -2.29. The van der Waals surface area contributed by atoms with Crippen molar-refractivity contribution in [2.24, 2.45) is 0 Å². The van der Waals surface area contributed by atoms with E-state index in [0.717, 1.165) is 18.4 Å². The maximum atomic E-state index is 12.8. The van der Waals surface area contributed by atoms with E-state index in [1.165, 1.54) is 34.8 Å². The van der Waals surface area contributed by atoms with E-state index in [0.29, 0.717) is 23.7 Å². The molecule has 1 aliphatic rings. The molecule has 2 aromatic carbocycles. The molecule has 0 saturated heterocycles. The molecular weight excluding hydrogens is 359 g/mol. The van der Waals surface area contributed by atoms with Crippen LogP contribution in [0.25, 0.3) is 0 Å². The number of rotatable bonds is 5. The van der Waals surface area contributed by atoms with Crippen molar-refractivity contribution in [3.05, 3.63) is 53.8 Å². The zero-order valence-corrected chi connectivity index (χ0v) is 15.1. The third-order valence-corrected chi connectivity index (χ3v) is 5.20. The lowest BCUT2D eigenvalue weighted by atomic mass is 10.0. The van der Waals surface area contributed by atoms with Crippen molar-refractivity contribution in [2.75, 3.05) is 29.0 Å². The molecule has 0 radical (unpaired) electrons. The molecule has 0 aliphatic carbocycles. The van der Waals surface area contributed by atoms with Gasteiger partial charge in [-0.2, -0.15) is 0 Å². The van der Waals surface area contributed by atoms with Gasteiger partial charge in [0.25, 0.3) is 5.91 Å². The van der Waals surface area contributed by atoms with Crippen molar-refractivity contribution in [1.82, 2.24) is 0 Å². The van der Waals surface area contributed by atoms with Crippen LogP contribution in [0.5, 0.6) is 5.75 Å². The Hall–Kier alpha value is -2.61. The van der Waals surface area contributed by atoms with Crippen molar-refractivity contribution in [2.45, 2.75) is 12.8 Å². The fourth-order valence-electron chi connectivity index (χ4n) is 2.86. The molecule has 0 saturated carbocycles. The monoisotopic (exact) mass is 378 g/mol. The highest BCUT2D eigenvalue weighted by molar-refractivity contribution is 7.92. The standard InChI is InChI=1S/C18H19FN2O4S/c1-26(23,24)21-10-2-3-13-11-15(6-9-17(13)21)20-18(22)12-25-16-7-4-14(19)5-8-16/h4-9,11H,2-3,10,12H2,1H3,(H,20,22). The van der Waals surface area contributed by atoms with Gasteiger partial charge < -0.3 is 10.1 Å². The first kappa shape index (κ1) is 18.2. The van der Waals surface area contributed by atoms with E-state index in [9.17, 15) is 17.6 Å². The Labute approximate surface area is 151 Å². The number of fused-ring (bicyclic) bond motifs is 1. The van der Waals surface area contributed by atoms with E-state index in [1.807, 2.05) is 0 Å². The van der Waals surface area contributed by atoms with Gasteiger partial charge in [-0.1, -0.05) is 0 Å². The second-order valence-corrected chi connectivity index (χ2v) is 7.98. The normalized spacial score (nSPS) is 13.8. The van der Waals surface area contributed by atoms with Crippen LogP contribution in [0, 0.1) is 5.82 Å². The summed E-state index contributed by atoms with van der Waals surface area (Å²) in [5, 5.41) is 2.72. The second kappa shape index (κ2) is 7.33. The third-order valence-electron chi connectivity index (χ3n) is 4.02. The van der Waals surface area contributed by atoms with Gasteiger partial charge in [0, 0.05) is 12.2 Å². The molecule has 0 atom stereocenters. The summed E-state index contributed by atoms with van der Waals surface area (Å²) in [7, 11) is -3.32. The predicted octanol–water partition coefficient (Wildman–Crippen LogP) is 2.56. The van der Waals surface area contributed by atoms with Gasteiger partial charge in [0.15, 0.2) is 6.61 Å². The van der Waals surface area contributed by atoms with Gasteiger partial charge in [-0.3, -0.25) is 9.10 Å². The van der Waals surface area contributed by atoms with Crippen molar-refractivity contribution < 1.29 is 22.3 Å². The topological polar surface area (TPSA) is 75.7 Å². The maximum Gasteiger partial charge on any atom is 0.262 e. The number of carbonyl (C=O) groups excluding carboxylic acids is 1. The van der Waals surface area contributed by atoms with Gasteiger partial charge in [-0.05, 0) is 60.9 Å². The van der Waals surface area contributed by atoms with Gasteiger partial charge in [-0.15, -0.1) is 0 Å². The van der Waals surface area contributed by atoms with Crippen molar-refractivity contribution in [1.29, 1.82) is 0 Å². The molecule has 0 aromatic heterocycles. The Bertz CT molecular complexity index is 913. The smallest absolute Gasteiger partial charge is 0.262 e. The molecule has 0 unspecified atom stereocenters. The zero-order valence-electron chi connectivity index (χ0n) is 14.2. The minimum atomic E-state index is -3.32. The average Bonchev–Trinajstić information content (AvgIpc) is 2.60. The summed E-state index contributed by atoms with van der Waals surface area (Å²) in [4.78, 5) is 12.0. The number of hydrogen-bond donors (Lipinski definition) is 1. The number of halogens is 1. The van der Waals surface area contributed by atoms with Crippen LogP contribution in [0.2, 0.25) is 0 Å². The first-order chi connectivity index (χ1) is 12.3. The highest BCUT2D eigenvalue weighted by Gasteiger charge is 2.24. The molecule has 0 spiro atoms. The Morgan fingerprint density at radius 3 is 2.65 bits per heavy atom. The van der Waals surface area contributed by atoms with Crippen molar-refractivity contribution >= 4 is 27.3 Å². The summed E-state index contributed by atoms with van der Waals surface area (Å²) in [5.74, 6) is -0.333. The van der Waals surface area contributed by atoms with Crippen LogP contribution in [0.3, 0.4) is 0 Å². The minimum Gasteiger partial charge on any atom is -0.484 e. The van der Waals surface area contributed by atoms with Crippen molar-refractivity contribution in [3.63, 3.8) is 0 Å². The Morgan fingerprint density at radius 1 is 1.23 bits per heavy atom. The van der Waals surface area contributed by atoms with Gasteiger partial charge >= 0.3 is 0 Å². The predicted molar refractivity (Wildman–Crippen MR) is 97.5 cm³/mol. The average molecular weight is 378 g/mol. The number of benzene rings is 2. The fourth-order valence-corrected chi connectivity index (χ4v) is 3.86. The lowest BCUT2D eigenvalue weighted by molar-refractivity contribution is -0.118. The molecule has 6 nitrogen and oxygen atoms in total. The Morgan fingerprint density at radius 2 is 1.96 bits per heavy atom. The molecule has 1 amide bonds. The number of amides is 1. The maximum absolute atomic E-state index is 12.8. The number of aryl methyl sites for hydroxylation is 1. The van der Waals surface area contributed by atoms with E-state index >= 15 is 0 Å². The zero-order chi connectivity index (χ0) is 18.7. The Kier molecular flexibility index (Phi) is 5.13. The van der Waals surface area contributed by atoms with E-state index < -0.39 is 10.0 Å². The molecule has 8 heteroatoms. The summed E-state index contributed by atoms with van der Waals surface area (Å²) >= 11 is 0. The SMILES string of the molecule is CS(=O)(=O)N1CCCc2cc(NC(=O)COc3ccc(F)cc3)ccc21. The molecular formula is C18H19FN2O4S. The molecule has 138 valence electrons. The molecule has 1 aliphatic heterocycles.